The summed E-state index contributed by atoms with van der Waals surface area (Å²) in [6.45, 7) is 2.92. The normalized spacial score (nSPS) is 23.8. The van der Waals surface area contributed by atoms with E-state index in [-0.39, 0.29) is 0 Å². The van der Waals surface area contributed by atoms with Gasteiger partial charge in [-0.05, 0) is 24.3 Å². The second-order valence-electron chi connectivity index (χ2n) is 5.23. The Balaban J connectivity index is 1.95. The molecular weight excluding hydrogens is 242 g/mol. The van der Waals surface area contributed by atoms with E-state index in [1.165, 1.54) is 25.7 Å². The Kier molecular flexibility index (Phi) is 4.72. The lowest BCUT2D eigenvalue weighted by Crippen LogP contribution is -2.22. The van der Waals surface area contributed by atoms with Crippen LogP contribution >= 0.6 is 12.2 Å². The standard InChI is InChI=1S/C15H21NOS/c1-11-5-4-7-13(9-11)17-10-12-6-2-3-8-14(12)15(16)18/h2-3,6,8,11,13H,4-5,7,9-10H2,1H3,(H2,16,18). The van der Waals surface area contributed by atoms with Crippen molar-refractivity contribution in [1.29, 1.82) is 0 Å². The molecule has 2 unspecified atom stereocenters. The highest BCUT2D eigenvalue weighted by molar-refractivity contribution is 7.80. The van der Waals surface area contributed by atoms with Crippen molar-refractivity contribution in [1.82, 2.24) is 0 Å². The van der Waals surface area contributed by atoms with E-state index in [2.05, 4.69) is 6.92 Å². The molecule has 0 heterocycles. The van der Waals surface area contributed by atoms with E-state index >= 15 is 0 Å². The van der Waals surface area contributed by atoms with Crippen molar-refractivity contribution < 1.29 is 4.74 Å². The molecule has 1 aliphatic rings. The van der Waals surface area contributed by atoms with Crippen LogP contribution in [0.1, 0.15) is 43.7 Å². The summed E-state index contributed by atoms with van der Waals surface area (Å²) in [5.74, 6) is 0.787. The van der Waals surface area contributed by atoms with Gasteiger partial charge in [0.1, 0.15) is 4.99 Å². The van der Waals surface area contributed by atoms with E-state index < -0.39 is 0 Å². The molecule has 1 saturated carbocycles. The maximum absolute atomic E-state index is 6.02. The summed E-state index contributed by atoms with van der Waals surface area (Å²) < 4.78 is 6.02. The van der Waals surface area contributed by atoms with Crippen molar-refractivity contribution in [2.24, 2.45) is 11.7 Å². The van der Waals surface area contributed by atoms with Gasteiger partial charge in [-0.1, -0.05) is 56.2 Å². The molecule has 3 heteroatoms. The van der Waals surface area contributed by atoms with Crippen molar-refractivity contribution in [3.05, 3.63) is 35.4 Å². The van der Waals surface area contributed by atoms with Gasteiger partial charge in [-0.2, -0.15) is 0 Å². The number of benzene rings is 1. The molecule has 0 aromatic heterocycles. The van der Waals surface area contributed by atoms with Crippen LogP contribution in [-0.2, 0) is 11.3 Å². The summed E-state index contributed by atoms with van der Waals surface area (Å²) in [6.07, 6.45) is 5.37. The van der Waals surface area contributed by atoms with Crippen molar-refractivity contribution in [3.63, 3.8) is 0 Å². The van der Waals surface area contributed by atoms with Gasteiger partial charge >= 0.3 is 0 Å². The molecule has 98 valence electrons. The van der Waals surface area contributed by atoms with Gasteiger partial charge in [0.2, 0.25) is 0 Å². The van der Waals surface area contributed by atoms with Gasteiger partial charge in [0.05, 0.1) is 12.7 Å². The molecule has 1 aromatic rings. The molecule has 2 nitrogen and oxygen atoms in total. The molecule has 2 atom stereocenters. The number of hydrogen-bond acceptors (Lipinski definition) is 2. The molecular formula is C15H21NOS. The number of ether oxygens (including phenoxy) is 1. The third-order valence-corrected chi connectivity index (χ3v) is 3.87. The summed E-state index contributed by atoms with van der Waals surface area (Å²) in [7, 11) is 0. The third kappa shape index (κ3) is 3.53. The molecule has 0 amide bonds. The first-order valence-electron chi connectivity index (χ1n) is 6.66. The molecule has 1 fully saturated rings. The van der Waals surface area contributed by atoms with Crippen LogP contribution in [0.3, 0.4) is 0 Å². The Morgan fingerprint density at radius 2 is 2.17 bits per heavy atom. The molecule has 2 N–H and O–H groups in total. The molecule has 0 radical (unpaired) electrons. The average molecular weight is 263 g/mol. The van der Waals surface area contributed by atoms with Crippen LogP contribution in [0.25, 0.3) is 0 Å². The summed E-state index contributed by atoms with van der Waals surface area (Å²) in [6, 6.07) is 7.97. The second kappa shape index (κ2) is 6.30. The lowest BCUT2D eigenvalue weighted by Gasteiger charge is -2.27. The third-order valence-electron chi connectivity index (χ3n) is 3.65. The largest absolute Gasteiger partial charge is 0.389 e. The smallest absolute Gasteiger partial charge is 0.104 e. The fourth-order valence-corrected chi connectivity index (χ4v) is 2.82. The highest BCUT2D eigenvalue weighted by Crippen LogP contribution is 2.26. The minimum absolute atomic E-state index is 0.396. The van der Waals surface area contributed by atoms with E-state index in [4.69, 9.17) is 22.7 Å². The summed E-state index contributed by atoms with van der Waals surface area (Å²) >= 11 is 5.06. The van der Waals surface area contributed by atoms with Crippen LogP contribution in [0.5, 0.6) is 0 Å². The maximum Gasteiger partial charge on any atom is 0.104 e. The second-order valence-corrected chi connectivity index (χ2v) is 5.67. The Morgan fingerprint density at radius 3 is 2.89 bits per heavy atom. The zero-order valence-corrected chi connectivity index (χ0v) is 11.7. The van der Waals surface area contributed by atoms with Gasteiger partial charge in [-0.25, -0.2) is 0 Å². The first-order valence-corrected chi connectivity index (χ1v) is 7.07. The van der Waals surface area contributed by atoms with E-state index in [9.17, 15) is 0 Å². The lowest BCUT2D eigenvalue weighted by molar-refractivity contribution is 0.00462. The molecule has 2 rings (SSSR count). The molecule has 1 aromatic carbocycles. The van der Waals surface area contributed by atoms with Crippen molar-refractivity contribution in [2.75, 3.05) is 0 Å². The fourth-order valence-electron chi connectivity index (χ4n) is 2.62. The summed E-state index contributed by atoms with van der Waals surface area (Å²) in [4.78, 5) is 0.450. The summed E-state index contributed by atoms with van der Waals surface area (Å²) in [5.41, 5.74) is 7.76. The van der Waals surface area contributed by atoms with Gasteiger partial charge in [-0.3, -0.25) is 0 Å². The Morgan fingerprint density at radius 1 is 1.39 bits per heavy atom. The minimum atomic E-state index is 0.396. The first-order chi connectivity index (χ1) is 8.66. The summed E-state index contributed by atoms with van der Waals surface area (Å²) in [5, 5.41) is 0. The van der Waals surface area contributed by atoms with E-state index in [0.717, 1.165) is 17.0 Å². The van der Waals surface area contributed by atoms with Gasteiger partial charge in [0.25, 0.3) is 0 Å². The number of hydrogen-bond donors (Lipinski definition) is 1. The van der Waals surface area contributed by atoms with Crippen molar-refractivity contribution >= 4 is 17.2 Å². The Labute approximate surface area is 115 Å². The van der Waals surface area contributed by atoms with Crippen LogP contribution in [0.4, 0.5) is 0 Å². The number of nitrogens with two attached hydrogens (primary N) is 1. The fraction of sp³-hybridized carbons (Fsp3) is 0.533. The van der Waals surface area contributed by atoms with E-state index in [0.29, 0.717) is 17.7 Å². The quantitative estimate of drug-likeness (QED) is 0.845. The van der Waals surface area contributed by atoms with Gasteiger partial charge in [0.15, 0.2) is 0 Å². The monoisotopic (exact) mass is 263 g/mol. The van der Waals surface area contributed by atoms with Crippen LogP contribution in [-0.4, -0.2) is 11.1 Å². The van der Waals surface area contributed by atoms with Crippen molar-refractivity contribution in [3.8, 4) is 0 Å². The predicted octanol–water partition coefficient (Wildman–Crippen LogP) is 3.42. The predicted molar refractivity (Wildman–Crippen MR) is 78.5 cm³/mol. The first kappa shape index (κ1) is 13.5. The molecule has 18 heavy (non-hydrogen) atoms. The van der Waals surface area contributed by atoms with Crippen LogP contribution in [0.2, 0.25) is 0 Å². The minimum Gasteiger partial charge on any atom is -0.389 e. The van der Waals surface area contributed by atoms with Crippen LogP contribution in [0, 0.1) is 5.92 Å². The van der Waals surface area contributed by atoms with Crippen LogP contribution in [0.15, 0.2) is 24.3 Å². The van der Waals surface area contributed by atoms with Crippen molar-refractivity contribution in [2.45, 2.75) is 45.3 Å². The Bertz CT molecular complexity index is 419. The maximum atomic E-state index is 6.02. The number of rotatable bonds is 4. The SMILES string of the molecule is CC1CCCC(OCc2ccccc2C(N)=S)C1. The molecule has 0 bridgehead atoms. The molecule has 1 aliphatic carbocycles. The lowest BCUT2D eigenvalue weighted by atomic mass is 9.89. The van der Waals surface area contributed by atoms with Gasteiger partial charge in [-0.15, -0.1) is 0 Å². The highest BCUT2D eigenvalue weighted by Gasteiger charge is 2.19. The topological polar surface area (TPSA) is 35.2 Å². The van der Waals surface area contributed by atoms with Gasteiger partial charge in [0, 0.05) is 5.56 Å². The molecule has 0 aliphatic heterocycles. The van der Waals surface area contributed by atoms with Crippen LogP contribution < -0.4 is 5.73 Å². The van der Waals surface area contributed by atoms with E-state index in [1.807, 2.05) is 24.3 Å². The zero-order valence-electron chi connectivity index (χ0n) is 10.9. The molecule has 0 saturated heterocycles. The van der Waals surface area contributed by atoms with Gasteiger partial charge < -0.3 is 10.5 Å². The highest BCUT2D eigenvalue weighted by atomic mass is 32.1. The van der Waals surface area contributed by atoms with E-state index in [1.54, 1.807) is 0 Å². The Hall–Kier alpha value is -0.930. The number of thiocarbonyl (C=S) groups is 1. The average Bonchev–Trinajstić information content (AvgIpc) is 2.37. The zero-order chi connectivity index (χ0) is 13.0. The molecule has 0 spiro atoms.